The normalized spacial score (nSPS) is 22.0. The lowest BCUT2D eigenvalue weighted by atomic mass is 10.1. The van der Waals surface area contributed by atoms with Crippen molar-refractivity contribution in [1.29, 1.82) is 0 Å². The van der Waals surface area contributed by atoms with Crippen LogP contribution in [0.3, 0.4) is 0 Å². The molecule has 2 saturated heterocycles. The molecule has 0 aliphatic carbocycles. The van der Waals surface area contributed by atoms with Crippen molar-refractivity contribution in [2.24, 2.45) is 10.9 Å². The van der Waals surface area contributed by atoms with E-state index in [0.717, 1.165) is 51.0 Å². The lowest BCUT2D eigenvalue weighted by Gasteiger charge is -2.37. The number of piperazine rings is 1. The number of likely N-dealkylation sites (tertiary alicyclic amines) is 1. The summed E-state index contributed by atoms with van der Waals surface area (Å²) in [6, 6.07) is 6.11. The molecule has 2 aliphatic heterocycles. The summed E-state index contributed by atoms with van der Waals surface area (Å²) in [6.07, 6.45) is 3.14. The summed E-state index contributed by atoms with van der Waals surface area (Å²) in [5.41, 5.74) is 0. The Hall–Kier alpha value is -1.09. The van der Waals surface area contributed by atoms with Gasteiger partial charge in [0.15, 0.2) is 5.96 Å². The molecule has 3 rings (SSSR count). The Morgan fingerprint density at radius 1 is 1.24 bits per heavy atom. The number of nitrogens with one attached hydrogen (secondary N) is 1. The van der Waals surface area contributed by atoms with Crippen LogP contribution in [0.5, 0.6) is 0 Å². The number of halogens is 1. The third-order valence-corrected chi connectivity index (χ3v) is 4.88. The summed E-state index contributed by atoms with van der Waals surface area (Å²) < 4.78 is 0. The summed E-state index contributed by atoms with van der Waals surface area (Å²) in [4.78, 5) is 16.5. The maximum Gasteiger partial charge on any atom is 0.194 e. The number of guanidine groups is 1. The Kier molecular flexibility index (Phi) is 8.21. The molecule has 140 valence electrons. The van der Waals surface area contributed by atoms with E-state index >= 15 is 0 Å². The average Bonchev–Trinajstić information content (AvgIpc) is 3.05. The van der Waals surface area contributed by atoms with Gasteiger partial charge in [-0.1, -0.05) is 6.07 Å². The number of pyridine rings is 1. The molecule has 25 heavy (non-hydrogen) atoms. The fourth-order valence-electron chi connectivity index (χ4n) is 3.50. The second-order valence-corrected chi connectivity index (χ2v) is 6.77. The molecule has 0 aromatic carbocycles. The molecule has 2 aliphatic rings. The Bertz CT molecular complexity index is 530. The van der Waals surface area contributed by atoms with Gasteiger partial charge in [0.1, 0.15) is 5.82 Å². The SMILES string of the molecule is CCNC(=NCC1CCN(C)C1)N1CCN(c2ccccn2)CC1.I. The first-order valence-corrected chi connectivity index (χ1v) is 9.14. The summed E-state index contributed by atoms with van der Waals surface area (Å²) in [6.45, 7) is 10.4. The fourth-order valence-corrected chi connectivity index (χ4v) is 3.50. The number of hydrogen-bond donors (Lipinski definition) is 1. The maximum absolute atomic E-state index is 4.92. The quantitative estimate of drug-likeness (QED) is 0.423. The van der Waals surface area contributed by atoms with E-state index in [0.29, 0.717) is 5.92 Å². The molecule has 1 atom stereocenters. The van der Waals surface area contributed by atoms with Crippen molar-refractivity contribution in [3.05, 3.63) is 24.4 Å². The van der Waals surface area contributed by atoms with Crippen molar-refractivity contribution in [2.45, 2.75) is 13.3 Å². The zero-order chi connectivity index (χ0) is 16.8. The highest BCUT2D eigenvalue weighted by atomic mass is 127. The molecule has 0 spiro atoms. The highest BCUT2D eigenvalue weighted by Gasteiger charge is 2.22. The number of hydrogen-bond acceptors (Lipinski definition) is 4. The van der Waals surface area contributed by atoms with Crippen LogP contribution in [0.4, 0.5) is 5.82 Å². The molecule has 1 aromatic heterocycles. The van der Waals surface area contributed by atoms with E-state index in [4.69, 9.17) is 4.99 Å². The van der Waals surface area contributed by atoms with Gasteiger partial charge in [0.2, 0.25) is 0 Å². The highest BCUT2D eigenvalue weighted by Crippen LogP contribution is 2.15. The van der Waals surface area contributed by atoms with Crippen LogP contribution in [-0.4, -0.2) is 80.1 Å². The van der Waals surface area contributed by atoms with E-state index in [2.05, 4.69) is 51.1 Å². The predicted molar refractivity (Wildman–Crippen MR) is 115 cm³/mol. The van der Waals surface area contributed by atoms with Crippen molar-refractivity contribution in [1.82, 2.24) is 20.1 Å². The summed E-state index contributed by atoms with van der Waals surface area (Å²) in [7, 11) is 2.20. The number of aromatic nitrogens is 1. The molecular formula is C18H31IN6. The molecule has 1 N–H and O–H groups in total. The van der Waals surface area contributed by atoms with Crippen LogP contribution in [0.15, 0.2) is 29.4 Å². The van der Waals surface area contributed by atoms with Crippen molar-refractivity contribution >= 4 is 35.8 Å². The van der Waals surface area contributed by atoms with E-state index < -0.39 is 0 Å². The first-order chi connectivity index (χ1) is 11.8. The molecule has 0 radical (unpaired) electrons. The minimum Gasteiger partial charge on any atom is -0.357 e. The van der Waals surface area contributed by atoms with E-state index in [1.807, 2.05) is 12.3 Å². The van der Waals surface area contributed by atoms with Gasteiger partial charge in [-0.3, -0.25) is 4.99 Å². The van der Waals surface area contributed by atoms with Crippen LogP contribution in [0, 0.1) is 5.92 Å². The second kappa shape index (κ2) is 10.2. The minimum atomic E-state index is 0. The van der Waals surface area contributed by atoms with Crippen LogP contribution in [-0.2, 0) is 0 Å². The van der Waals surface area contributed by atoms with Gasteiger partial charge in [-0.2, -0.15) is 0 Å². The van der Waals surface area contributed by atoms with Crippen LogP contribution in [0.25, 0.3) is 0 Å². The van der Waals surface area contributed by atoms with E-state index in [1.165, 1.54) is 19.5 Å². The Balaban J connectivity index is 0.00000225. The van der Waals surface area contributed by atoms with Crippen LogP contribution < -0.4 is 10.2 Å². The van der Waals surface area contributed by atoms with Gasteiger partial charge in [-0.05, 0) is 45.0 Å². The van der Waals surface area contributed by atoms with Crippen LogP contribution in [0.2, 0.25) is 0 Å². The summed E-state index contributed by atoms with van der Waals surface area (Å²) >= 11 is 0. The number of aliphatic imine (C=N–C) groups is 1. The first kappa shape index (κ1) is 20.2. The first-order valence-electron chi connectivity index (χ1n) is 9.14. The van der Waals surface area contributed by atoms with E-state index in [-0.39, 0.29) is 24.0 Å². The topological polar surface area (TPSA) is 47.0 Å². The molecule has 1 aromatic rings. The van der Waals surface area contributed by atoms with Gasteiger partial charge >= 0.3 is 0 Å². The van der Waals surface area contributed by atoms with Crippen molar-refractivity contribution in [3.63, 3.8) is 0 Å². The maximum atomic E-state index is 4.92. The number of nitrogens with zero attached hydrogens (tertiary/aromatic N) is 5. The summed E-state index contributed by atoms with van der Waals surface area (Å²) in [5, 5.41) is 3.47. The van der Waals surface area contributed by atoms with Gasteiger partial charge < -0.3 is 20.0 Å². The van der Waals surface area contributed by atoms with Crippen molar-refractivity contribution < 1.29 is 0 Å². The standard InChI is InChI=1S/C18H30N6.HI/c1-3-19-18(21-14-16-7-9-22(2)15-16)24-12-10-23(11-13-24)17-6-4-5-8-20-17;/h4-6,8,16H,3,7,9-15H2,1-2H3,(H,19,21);1H. The molecule has 3 heterocycles. The highest BCUT2D eigenvalue weighted by molar-refractivity contribution is 14.0. The third-order valence-electron chi connectivity index (χ3n) is 4.88. The van der Waals surface area contributed by atoms with Gasteiger partial charge in [-0.25, -0.2) is 4.98 Å². The largest absolute Gasteiger partial charge is 0.357 e. The van der Waals surface area contributed by atoms with Crippen molar-refractivity contribution in [2.75, 3.05) is 64.3 Å². The molecule has 0 bridgehead atoms. The van der Waals surface area contributed by atoms with E-state index in [1.54, 1.807) is 0 Å². The third kappa shape index (κ3) is 5.70. The fraction of sp³-hybridized carbons (Fsp3) is 0.667. The zero-order valence-electron chi connectivity index (χ0n) is 15.4. The average molecular weight is 458 g/mol. The van der Waals surface area contributed by atoms with Gasteiger partial charge in [0, 0.05) is 52.0 Å². The Morgan fingerprint density at radius 2 is 2.04 bits per heavy atom. The van der Waals surface area contributed by atoms with Gasteiger partial charge in [0.05, 0.1) is 0 Å². The Morgan fingerprint density at radius 3 is 2.64 bits per heavy atom. The molecule has 7 heteroatoms. The van der Waals surface area contributed by atoms with Crippen LogP contribution in [0.1, 0.15) is 13.3 Å². The zero-order valence-corrected chi connectivity index (χ0v) is 17.7. The predicted octanol–water partition coefficient (Wildman–Crippen LogP) is 1.74. The number of rotatable bonds is 4. The summed E-state index contributed by atoms with van der Waals surface area (Å²) in [5.74, 6) is 2.86. The van der Waals surface area contributed by atoms with Crippen LogP contribution >= 0.6 is 24.0 Å². The molecule has 6 nitrogen and oxygen atoms in total. The minimum absolute atomic E-state index is 0. The monoisotopic (exact) mass is 458 g/mol. The van der Waals surface area contributed by atoms with E-state index in [9.17, 15) is 0 Å². The molecule has 0 saturated carbocycles. The molecule has 0 amide bonds. The lowest BCUT2D eigenvalue weighted by molar-refractivity contribution is 0.368. The second-order valence-electron chi connectivity index (χ2n) is 6.77. The molecule has 2 fully saturated rings. The number of anilines is 1. The Labute approximate surface area is 168 Å². The van der Waals surface area contributed by atoms with Gasteiger partial charge in [-0.15, -0.1) is 24.0 Å². The molecule has 1 unspecified atom stereocenters. The van der Waals surface area contributed by atoms with Gasteiger partial charge in [0.25, 0.3) is 0 Å². The molecular weight excluding hydrogens is 427 g/mol. The smallest absolute Gasteiger partial charge is 0.194 e. The lowest BCUT2D eigenvalue weighted by Crippen LogP contribution is -2.52. The van der Waals surface area contributed by atoms with Crippen molar-refractivity contribution in [3.8, 4) is 0 Å².